The Morgan fingerprint density at radius 3 is 2.86 bits per heavy atom. The summed E-state index contributed by atoms with van der Waals surface area (Å²) >= 11 is 6.15. The van der Waals surface area contributed by atoms with Gasteiger partial charge in [-0.2, -0.15) is 5.10 Å². The first-order valence-electron chi connectivity index (χ1n) is 7.52. The van der Waals surface area contributed by atoms with Gasteiger partial charge < -0.3 is 10.6 Å². The van der Waals surface area contributed by atoms with Gasteiger partial charge in [-0.3, -0.25) is 9.67 Å². The zero-order valence-electron chi connectivity index (χ0n) is 12.8. The number of aromatic nitrogens is 2. The fourth-order valence-electron chi connectivity index (χ4n) is 2.05. The summed E-state index contributed by atoms with van der Waals surface area (Å²) in [6, 6.07) is 9.81. The molecular formula is C16H22ClN5. The Morgan fingerprint density at radius 1 is 1.27 bits per heavy atom. The van der Waals surface area contributed by atoms with Crippen molar-refractivity contribution >= 4 is 17.6 Å². The molecule has 1 heterocycles. The predicted molar refractivity (Wildman–Crippen MR) is 91.4 cm³/mol. The van der Waals surface area contributed by atoms with Crippen LogP contribution in [-0.4, -0.2) is 35.4 Å². The van der Waals surface area contributed by atoms with E-state index >= 15 is 0 Å². The van der Waals surface area contributed by atoms with Gasteiger partial charge in [-0.15, -0.1) is 0 Å². The number of hydrogen-bond acceptors (Lipinski definition) is 2. The quantitative estimate of drug-likeness (QED) is 0.608. The molecule has 2 N–H and O–H groups in total. The summed E-state index contributed by atoms with van der Waals surface area (Å²) < 4.78 is 1.89. The molecule has 2 rings (SSSR count). The highest BCUT2D eigenvalue weighted by Gasteiger charge is 2.00. The maximum absolute atomic E-state index is 6.15. The van der Waals surface area contributed by atoms with Crippen LogP contribution in [0.4, 0.5) is 0 Å². The third-order valence-corrected chi connectivity index (χ3v) is 3.51. The first-order valence-corrected chi connectivity index (χ1v) is 7.90. The lowest BCUT2D eigenvalue weighted by atomic mass is 10.1. The number of benzene rings is 1. The van der Waals surface area contributed by atoms with Crippen molar-refractivity contribution in [3.63, 3.8) is 0 Å². The normalized spacial score (nSPS) is 11.5. The fourth-order valence-corrected chi connectivity index (χ4v) is 2.28. The maximum Gasteiger partial charge on any atom is 0.191 e. The summed E-state index contributed by atoms with van der Waals surface area (Å²) in [4.78, 5) is 4.57. The molecule has 0 unspecified atom stereocenters. The fraction of sp³-hybridized carbons (Fsp3) is 0.375. The molecule has 0 aliphatic rings. The molecule has 0 aliphatic carbocycles. The summed E-state index contributed by atoms with van der Waals surface area (Å²) in [5, 5.41) is 11.5. The Morgan fingerprint density at radius 2 is 2.14 bits per heavy atom. The third-order valence-electron chi connectivity index (χ3n) is 3.15. The topological polar surface area (TPSA) is 54.2 Å². The third kappa shape index (κ3) is 5.41. The smallest absolute Gasteiger partial charge is 0.191 e. The van der Waals surface area contributed by atoms with E-state index in [0.717, 1.165) is 42.6 Å². The number of aliphatic imine (C=N–C) groups is 1. The van der Waals surface area contributed by atoms with Crippen LogP contribution in [0, 0.1) is 0 Å². The van der Waals surface area contributed by atoms with Crippen LogP contribution >= 0.6 is 11.6 Å². The Kier molecular flexibility index (Phi) is 6.77. The molecule has 1 aromatic heterocycles. The predicted octanol–water partition coefficient (Wildman–Crippen LogP) is 2.33. The number of nitrogens with zero attached hydrogens (tertiary/aromatic N) is 3. The minimum absolute atomic E-state index is 0.695. The Labute approximate surface area is 136 Å². The molecule has 0 saturated heterocycles. The molecule has 0 spiro atoms. The van der Waals surface area contributed by atoms with Gasteiger partial charge in [0.05, 0.1) is 6.54 Å². The summed E-state index contributed by atoms with van der Waals surface area (Å²) in [5.41, 5.74) is 1.13. The van der Waals surface area contributed by atoms with E-state index in [9.17, 15) is 0 Å². The molecule has 0 fully saturated rings. The van der Waals surface area contributed by atoms with Gasteiger partial charge in [0.15, 0.2) is 5.96 Å². The zero-order chi connectivity index (χ0) is 15.6. The van der Waals surface area contributed by atoms with Gasteiger partial charge in [-0.1, -0.05) is 29.8 Å². The van der Waals surface area contributed by atoms with Gasteiger partial charge in [0.1, 0.15) is 0 Å². The molecule has 0 aliphatic heterocycles. The van der Waals surface area contributed by atoms with Gasteiger partial charge >= 0.3 is 0 Å². The van der Waals surface area contributed by atoms with Crippen LogP contribution in [0.3, 0.4) is 0 Å². The van der Waals surface area contributed by atoms with E-state index in [2.05, 4.69) is 27.6 Å². The number of rotatable bonds is 7. The van der Waals surface area contributed by atoms with Gasteiger partial charge in [0, 0.05) is 37.1 Å². The van der Waals surface area contributed by atoms with Crippen LogP contribution in [0.15, 0.2) is 47.7 Å². The summed E-state index contributed by atoms with van der Waals surface area (Å²) in [7, 11) is 0. The molecular weight excluding hydrogens is 298 g/mol. The SMILES string of the molecule is CCNC(=NCCc1ccccc1Cl)NCCn1cccn1. The van der Waals surface area contributed by atoms with Gasteiger partial charge in [0.2, 0.25) is 0 Å². The summed E-state index contributed by atoms with van der Waals surface area (Å²) in [6.07, 6.45) is 4.56. The minimum atomic E-state index is 0.695. The molecule has 2 aromatic rings. The van der Waals surface area contributed by atoms with Crippen LogP contribution in [0.1, 0.15) is 12.5 Å². The lowest BCUT2D eigenvalue weighted by Crippen LogP contribution is -2.39. The lowest BCUT2D eigenvalue weighted by molar-refractivity contribution is 0.598. The van der Waals surface area contributed by atoms with E-state index in [-0.39, 0.29) is 0 Å². The van der Waals surface area contributed by atoms with Crippen LogP contribution in [0.5, 0.6) is 0 Å². The number of guanidine groups is 1. The van der Waals surface area contributed by atoms with Gasteiger partial charge in [-0.25, -0.2) is 0 Å². The van der Waals surface area contributed by atoms with Crippen molar-refractivity contribution in [3.8, 4) is 0 Å². The molecule has 0 radical (unpaired) electrons. The highest BCUT2D eigenvalue weighted by Crippen LogP contribution is 2.15. The van der Waals surface area contributed by atoms with Crippen molar-refractivity contribution in [2.24, 2.45) is 4.99 Å². The van der Waals surface area contributed by atoms with Crippen molar-refractivity contribution in [1.29, 1.82) is 0 Å². The van der Waals surface area contributed by atoms with E-state index in [1.165, 1.54) is 0 Å². The standard InChI is InChI=1S/C16H22ClN5/c1-2-18-16(20-11-13-22-12-5-9-21-22)19-10-8-14-6-3-4-7-15(14)17/h3-7,9,12H,2,8,10-11,13H2,1H3,(H2,18,19,20). The molecule has 118 valence electrons. The highest BCUT2D eigenvalue weighted by atomic mass is 35.5. The summed E-state index contributed by atoms with van der Waals surface area (Å²) in [6.45, 7) is 5.17. The van der Waals surface area contributed by atoms with E-state index < -0.39 is 0 Å². The number of halogens is 1. The Balaban J connectivity index is 1.80. The van der Waals surface area contributed by atoms with Crippen molar-refractivity contribution in [2.75, 3.05) is 19.6 Å². The molecule has 0 atom stereocenters. The molecule has 0 saturated carbocycles. The van der Waals surface area contributed by atoms with Crippen molar-refractivity contribution in [2.45, 2.75) is 19.9 Å². The average Bonchev–Trinajstić information content (AvgIpc) is 3.02. The van der Waals surface area contributed by atoms with Crippen molar-refractivity contribution < 1.29 is 0 Å². The molecule has 1 aromatic carbocycles. The van der Waals surface area contributed by atoms with Crippen LogP contribution in [-0.2, 0) is 13.0 Å². The van der Waals surface area contributed by atoms with Gasteiger partial charge in [0.25, 0.3) is 0 Å². The first kappa shape index (κ1) is 16.4. The zero-order valence-corrected chi connectivity index (χ0v) is 13.6. The average molecular weight is 320 g/mol. The van der Waals surface area contributed by atoms with E-state index in [0.29, 0.717) is 6.54 Å². The molecule has 5 nitrogen and oxygen atoms in total. The molecule has 22 heavy (non-hydrogen) atoms. The second-order valence-electron chi connectivity index (χ2n) is 4.80. The first-order chi connectivity index (χ1) is 10.8. The van der Waals surface area contributed by atoms with E-state index in [1.54, 1.807) is 6.20 Å². The van der Waals surface area contributed by atoms with E-state index in [1.807, 2.05) is 41.2 Å². The summed E-state index contributed by atoms with van der Waals surface area (Å²) in [5.74, 6) is 0.821. The largest absolute Gasteiger partial charge is 0.357 e. The Hall–Kier alpha value is -2.01. The maximum atomic E-state index is 6.15. The highest BCUT2D eigenvalue weighted by molar-refractivity contribution is 6.31. The number of hydrogen-bond donors (Lipinski definition) is 2. The molecule has 0 bridgehead atoms. The van der Waals surface area contributed by atoms with Crippen molar-refractivity contribution in [1.82, 2.24) is 20.4 Å². The molecule has 0 amide bonds. The Bertz CT molecular complexity index is 580. The van der Waals surface area contributed by atoms with Crippen LogP contribution in [0.2, 0.25) is 5.02 Å². The number of nitrogens with one attached hydrogen (secondary N) is 2. The van der Waals surface area contributed by atoms with Crippen molar-refractivity contribution in [3.05, 3.63) is 53.3 Å². The molecule has 6 heteroatoms. The monoisotopic (exact) mass is 319 g/mol. The minimum Gasteiger partial charge on any atom is -0.357 e. The lowest BCUT2D eigenvalue weighted by Gasteiger charge is -2.11. The second kappa shape index (κ2) is 9.10. The van der Waals surface area contributed by atoms with Crippen LogP contribution < -0.4 is 10.6 Å². The van der Waals surface area contributed by atoms with Crippen LogP contribution in [0.25, 0.3) is 0 Å². The second-order valence-corrected chi connectivity index (χ2v) is 5.21. The van der Waals surface area contributed by atoms with E-state index in [4.69, 9.17) is 11.6 Å². The van der Waals surface area contributed by atoms with Gasteiger partial charge in [-0.05, 0) is 31.0 Å².